The summed E-state index contributed by atoms with van der Waals surface area (Å²) in [6.45, 7) is 2.00. The number of carbonyl (C=O) groups is 1. The quantitative estimate of drug-likeness (QED) is 0.796. The van der Waals surface area contributed by atoms with Crippen molar-refractivity contribution < 1.29 is 4.79 Å². The van der Waals surface area contributed by atoms with E-state index in [1.165, 1.54) is 6.42 Å². The number of nitrogen functional groups attached to an aromatic ring is 1. The van der Waals surface area contributed by atoms with Gasteiger partial charge >= 0.3 is 0 Å². The highest BCUT2D eigenvalue weighted by atomic mass is 16.2. The second-order valence-electron chi connectivity index (χ2n) is 4.14. The summed E-state index contributed by atoms with van der Waals surface area (Å²) in [6.07, 6.45) is 3.43. The van der Waals surface area contributed by atoms with Crippen LogP contribution in [0.25, 0.3) is 0 Å². The van der Waals surface area contributed by atoms with Crippen LogP contribution in [0.3, 0.4) is 0 Å². The van der Waals surface area contributed by atoms with E-state index in [-0.39, 0.29) is 12.5 Å². The Balaban J connectivity index is 1.81. The molecule has 92 valence electrons. The molecule has 0 aromatic carbocycles. The summed E-state index contributed by atoms with van der Waals surface area (Å²) in [5.41, 5.74) is 5.42. The number of likely N-dealkylation sites (tertiary alicyclic amines) is 1. The van der Waals surface area contributed by atoms with Crippen LogP contribution in [0.4, 0.5) is 11.6 Å². The van der Waals surface area contributed by atoms with Crippen LogP contribution in [0.15, 0.2) is 12.1 Å². The van der Waals surface area contributed by atoms with Gasteiger partial charge < -0.3 is 16.0 Å². The fraction of sp³-hybridized carbons (Fsp3) is 0.545. The molecule has 0 radical (unpaired) electrons. The zero-order valence-electron chi connectivity index (χ0n) is 9.72. The highest BCUT2D eigenvalue weighted by Gasteiger charge is 2.15. The number of nitrogens with zero attached hydrogens (tertiary/aromatic N) is 3. The van der Waals surface area contributed by atoms with Crippen molar-refractivity contribution in [2.24, 2.45) is 0 Å². The molecule has 1 aliphatic rings. The van der Waals surface area contributed by atoms with Crippen LogP contribution in [0.1, 0.15) is 19.3 Å². The van der Waals surface area contributed by atoms with E-state index in [0.29, 0.717) is 11.6 Å². The van der Waals surface area contributed by atoms with Gasteiger partial charge in [0, 0.05) is 13.1 Å². The number of aromatic nitrogens is 2. The molecule has 0 spiro atoms. The van der Waals surface area contributed by atoms with E-state index in [4.69, 9.17) is 5.73 Å². The number of piperidine rings is 1. The number of anilines is 2. The van der Waals surface area contributed by atoms with Crippen molar-refractivity contribution in [3.63, 3.8) is 0 Å². The van der Waals surface area contributed by atoms with Crippen molar-refractivity contribution in [2.45, 2.75) is 19.3 Å². The Kier molecular flexibility index (Phi) is 3.74. The van der Waals surface area contributed by atoms with E-state index >= 15 is 0 Å². The molecular formula is C11H17N5O. The summed E-state index contributed by atoms with van der Waals surface area (Å²) in [4.78, 5) is 13.7. The van der Waals surface area contributed by atoms with E-state index in [1.54, 1.807) is 12.1 Å². The highest BCUT2D eigenvalue weighted by molar-refractivity contribution is 5.80. The maximum absolute atomic E-state index is 11.8. The zero-order chi connectivity index (χ0) is 12.1. The fourth-order valence-electron chi connectivity index (χ4n) is 1.86. The van der Waals surface area contributed by atoms with E-state index in [2.05, 4.69) is 15.5 Å². The first-order chi connectivity index (χ1) is 8.25. The van der Waals surface area contributed by atoms with Gasteiger partial charge in [0.25, 0.3) is 0 Å². The summed E-state index contributed by atoms with van der Waals surface area (Å²) in [5, 5.41) is 10.5. The predicted octanol–water partition coefficient (Wildman–Crippen LogP) is 0.483. The highest BCUT2D eigenvalue weighted by Crippen LogP contribution is 2.09. The average molecular weight is 235 g/mol. The lowest BCUT2D eigenvalue weighted by molar-refractivity contribution is -0.130. The van der Waals surface area contributed by atoms with E-state index in [9.17, 15) is 4.79 Å². The summed E-state index contributed by atoms with van der Waals surface area (Å²) < 4.78 is 0. The average Bonchev–Trinajstić information content (AvgIpc) is 2.39. The van der Waals surface area contributed by atoms with E-state index in [1.807, 2.05) is 4.90 Å². The van der Waals surface area contributed by atoms with E-state index < -0.39 is 0 Å². The molecule has 1 saturated heterocycles. The maximum Gasteiger partial charge on any atom is 0.241 e. The normalized spacial score (nSPS) is 15.6. The lowest BCUT2D eigenvalue weighted by Crippen LogP contribution is -2.39. The Morgan fingerprint density at radius 3 is 2.71 bits per heavy atom. The van der Waals surface area contributed by atoms with Gasteiger partial charge in [0.15, 0.2) is 0 Å². The predicted molar refractivity (Wildman–Crippen MR) is 65.4 cm³/mol. The van der Waals surface area contributed by atoms with Gasteiger partial charge in [-0.15, -0.1) is 10.2 Å². The van der Waals surface area contributed by atoms with Gasteiger partial charge in [-0.1, -0.05) is 0 Å². The van der Waals surface area contributed by atoms with Crippen molar-refractivity contribution in [1.82, 2.24) is 15.1 Å². The van der Waals surface area contributed by atoms with Gasteiger partial charge in [-0.3, -0.25) is 4.79 Å². The fourth-order valence-corrected chi connectivity index (χ4v) is 1.86. The molecule has 0 saturated carbocycles. The number of hydrogen-bond acceptors (Lipinski definition) is 5. The number of nitrogens with two attached hydrogens (primary N) is 1. The molecule has 1 amide bonds. The molecule has 3 N–H and O–H groups in total. The van der Waals surface area contributed by atoms with Crippen LogP contribution in [-0.2, 0) is 4.79 Å². The molecule has 0 aliphatic carbocycles. The number of carbonyl (C=O) groups excluding carboxylic acids is 1. The molecule has 6 heteroatoms. The lowest BCUT2D eigenvalue weighted by Gasteiger charge is -2.26. The monoisotopic (exact) mass is 235 g/mol. The minimum atomic E-state index is 0.114. The number of rotatable bonds is 3. The van der Waals surface area contributed by atoms with Crippen LogP contribution in [0, 0.1) is 0 Å². The van der Waals surface area contributed by atoms with Gasteiger partial charge in [-0.05, 0) is 31.4 Å². The van der Waals surface area contributed by atoms with Gasteiger partial charge in [-0.2, -0.15) is 0 Å². The van der Waals surface area contributed by atoms with Crippen LogP contribution in [-0.4, -0.2) is 40.6 Å². The standard InChI is InChI=1S/C11H17N5O/c12-9-4-5-10(15-14-9)13-8-11(17)16-6-2-1-3-7-16/h4-5H,1-3,6-8H2,(H2,12,14)(H,13,15). The number of hydrogen-bond donors (Lipinski definition) is 2. The number of nitrogens with one attached hydrogen (secondary N) is 1. The third kappa shape index (κ3) is 3.30. The van der Waals surface area contributed by atoms with Crippen molar-refractivity contribution >= 4 is 17.5 Å². The Labute approximate surface area is 100 Å². The molecule has 1 aromatic rings. The van der Waals surface area contributed by atoms with Crippen molar-refractivity contribution in [3.05, 3.63) is 12.1 Å². The number of amides is 1. The van der Waals surface area contributed by atoms with Gasteiger partial charge in [0.2, 0.25) is 5.91 Å². The van der Waals surface area contributed by atoms with Crippen LogP contribution in [0.5, 0.6) is 0 Å². The first kappa shape index (κ1) is 11.6. The molecule has 2 heterocycles. The summed E-state index contributed by atoms with van der Waals surface area (Å²) in [5.74, 6) is 1.06. The molecular weight excluding hydrogens is 218 g/mol. The van der Waals surface area contributed by atoms with Crippen molar-refractivity contribution in [2.75, 3.05) is 30.7 Å². The molecule has 1 aliphatic heterocycles. The lowest BCUT2D eigenvalue weighted by atomic mass is 10.1. The topological polar surface area (TPSA) is 84.1 Å². The largest absolute Gasteiger partial charge is 0.382 e. The Bertz CT molecular complexity index is 372. The smallest absolute Gasteiger partial charge is 0.241 e. The van der Waals surface area contributed by atoms with Crippen LogP contribution in [0.2, 0.25) is 0 Å². The molecule has 1 fully saturated rings. The summed E-state index contributed by atoms with van der Waals surface area (Å²) in [6, 6.07) is 3.37. The first-order valence-corrected chi connectivity index (χ1v) is 5.86. The molecule has 0 unspecified atom stereocenters. The Hall–Kier alpha value is -1.85. The summed E-state index contributed by atoms with van der Waals surface area (Å²) in [7, 11) is 0. The zero-order valence-corrected chi connectivity index (χ0v) is 9.72. The summed E-state index contributed by atoms with van der Waals surface area (Å²) >= 11 is 0. The Morgan fingerprint density at radius 1 is 1.29 bits per heavy atom. The van der Waals surface area contributed by atoms with Crippen molar-refractivity contribution in [1.29, 1.82) is 0 Å². The van der Waals surface area contributed by atoms with Crippen molar-refractivity contribution in [3.8, 4) is 0 Å². The molecule has 6 nitrogen and oxygen atoms in total. The van der Waals surface area contributed by atoms with Gasteiger partial charge in [0.1, 0.15) is 11.6 Å². The van der Waals surface area contributed by atoms with Gasteiger partial charge in [0.05, 0.1) is 6.54 Å². The van der Waals surface area contributed by atoms with Crippen LogP contribution >= 0.6 is 0 Å². The minimum Gasteiger partial charge on any atom is -0.382 e. The molecule has 1 aromatic heterocycles. The first-order valence-electron chi connectivity index (χ1n) is 5.86. The molecule has 2 rings (SSSR count). The second kappa shape index (κ2) is 5.47. The van der Waals surface area contributed by atoms with E-state index in [0.717, 1.165) is 25.9 Å². The Morgan fingerprint density at radius 2 is 2.06 bits per heavy atom. The molecule has 0 atom stereocenters. The molecule has 17 heavy (non-hydrogen) atoms. The van der Waals surface area contributed by atoms with Gasteiger partial charge in [-0.25, -0.2) is 0 Å². The maximum atomic E-state index is 11.8. The third-order valence-electron chi connectivity index (χ3n) is 2.81. The van der Waals surface area contributed by atoms with Crippen LogP contribution < -0.4 is 11.1 Å². The minimum absolute atomic E-state index is 0.114. The SMILES string of the molecule is Nc1ccc(NCC(=O)N2CCCCC2)nn1. The third-order valence-corrected chi connectivity index (χ3v) is 2.81. The second-order valence-corrected chi connectivity index (χ2v) is 4.14. The molecule has 0 bridgehead atoms.